The van der Waals surface area contributed by atoms with Crippen LogP contribution in [0.4, 0.5) is 11.4 Å². The Morgan fingerprint density at radius 1 is 1.09 bits per heavy atom. The monoisotopic (exact) mass is 323 g/mol. The highest BCUT2D eigenvalue weighted by atomic mass is 32.1. The molecule has 4 nitrogen and oxygen atoms in total. The number of fused-ring (bicyclic) bond motifs is 2. The summed E-state index contributed by atoms with van der Waals surface area (Å²) in [6.45, 7) is 2.18. The summed E-state index contributed by atoms with van der Waals surface area (Å²) in [5, 5.41) is 1.91. The van der Waals surface area contributed by atoms with Gasteiger partial charge in [0.15, 0.2) is 10.8 Å². The molecular weight excluding hydrogens is 306 g/mol. The van der Waals surface area contributed by atoms with Crippen LogP contribution in [0.5, 0.6) is 0 Å². The molecule has 0 amide bonds. The lowest BCUT2D eigenvalue weighted by molar-refractivity contribution is 0.631. The van der Waals surface area contributed by atoms with Crippen LogP contribution in [0, 0.1) is 0 Å². The molecule has 4 rings (SSSR count). The first kappa shape index (κ1) is 14.1. The van der Waals surface area contributed by atoms with Gasteiger partial charge < -0.3 is 15.9 Å². The normalized spacial score (nSPS) is 11.5. The van der Waals surface area contributed by atoms with Crippen LogP contribution in [-0.4, -0.2) is 4.98 Å². The van der Waals surface area contributed by atoms with Crippen molar-refractivity contribution in [3.63, 3.8) is 0 Å². The summed E-state index contributed by atoms with van der Waals surface area (Å²) in [7, 11) is 0. The van der Waals surface area contributed by atoms with Crippen molar-refractivity contribution >= 4 is 43.9 Å². The molecule has 23 heavy (non-hydrogen) atoms. The van der Waals surface area contributed by atoms with Crippen LogP contribution >= 0.6 is 11.3 Å². The molecule has 0 spiro atoms. The minimum atomic E-state index is 0.637. The predicted molar refractivity (Wildman–Crippen MR) is 97.6 cm³/mol. The van der Waals surface area contributed by atoms with Crippen molar-refractivity contribution in [3.8, 4) is 10.8 Å². The molecule has 116 valence electrons. The minimum Gasteiger partial charge on any atom is -0.454 e. The summed E-state index contributed by atoms with van der Waals surface area (Å²) >= 11 is 1.51. The zero-order chi connectivity index (χ0) is 16.0. The summed E-state index contributed by atoms with van der Waals surface area (Å²) in [5.74, 6) is 0.758. The van der Waals surface area contributed by atoms with Gasteiger partial charge >= 0.3 is 0 Å². The van der Waals surface area contributed by atoms with Gasteiger partial charge in [0.1, 0.15) is 11.1 Å². The van der Waals surface area contributed by atoms with Crippen LogP contribution in [-0.2, 0) is 6.42 Å². The van der Waals surface area contributed by atoms with E-state index in [1.165, 1.54) is 16.9 Å². The van der Waals surface area contributed by atoms with Crippen molar-refractivity contribution in [2.75, 3.05) is 11.5 Å². The van der Waals surface area contributed by atoms with Crippen molar-refractivity contribution < 1.29 is 4.42 Å². The Kier molecular flexibility index (Phi) is 3.23. The maximum Gasteiger partial charge on any atom is 0.164 e. The highest BCUT2D eigenvalue weighted by Gasteiger charge is 2.14. The summed E-state index contributed by atoms with van der Waals surface area (Å²) in [6.07, 6.45) is 2.21. The first-order chi connectivity index (χ1) is 11.2. The van der Waals surface area contributed by atoms with Gasteiger partial charge in [-0.3, -0.25) is 0 Å². The molecule has 2 heterocycles. The highest BCUT2D eigenvalue weighted by molar-refractivity contribution is 7.22. The number of furan rings is 1. The smallest absolute Gasteiger partial charge is 0.164 e. The van der Waals surface area contributed by atoms with Gasteiger partial charge in [0.25, 0.3) is 0 Å². The number of aromatic nitrogens is 1. The molecule has 2 aromatic heterocycles. The first-order valence-corrected chi connectivity index (χ1v) is 8.44. The van der Waals surface area contributed by atoms with E-state index in [4.69, 9.17) is 15.9 Å². The molecule has 2 aromatic carbocycles. The summed E-state index contributed by atoms with van der Waals surface area (Å²) in [6, 6.07) is 12.0. The van der Waals surface area contributed by atoms with E-state index < -0.39 is 0 Å². The number of hydrogen-bond donors (Lipinski definition) is 2. The second-order valence-electron chi connectivity index (χ2n) is 5.67. The average Bonchev–Trinajstić information content (AvgIpc) is 3.15. The molecule has 5 heteroatoms. The van der Waals surface area contributed by atoms with E-state index in [9.17, 15) is 0 Å². The number of hydrogen-bond acceptors (Lipinski definition) is 5. The van der Waals surface area contributed by atoms with Crippen LogP contribution in [0.2, 0.25) is 0 Å². The Hall–Kier alpha value is -2.53. The largest absolute Gasteiger partial charge is 0.454 e. The number of benzene rings is 2. The number of rotatable bonds is 3. The van der Waals surface area contributed by atoms with E-state index in [1.807, 2.05) is 18.2 Å². The van der Waals surface area contributed by atoms with E-state index >= 15 is 0 Å². The maximum atomic E-state index is 6.03. The van der Waals surface area contributed by atoms with Gasteiger partial charge in [0, 0.05) is 5.39 Å². The molecule has 4 N–H and O–H groups in total. The fraction of sp³-hybridized carbons (Fsp3) is 0.167. The molecule has 0 aliphatic heterocycles. The molecule has 0 atom stereocenters. The number of aryl methyl sites for hydroxylation is 1. The van der Waals surface area contributed by atoms with E-state index in [2.05, 4.69) is 24.0 Å². The molecule has 0 bridgehead atoms. The molecule has 4 aromatic rings. The second kappa shape index (κ2) is 5.28. The minimum absolute atomic E-state index is 0.637. The molecule has 0 saturated carbocycles. The fourth-order valence-electron chi connectivity index (χ4n) is 2.79. The van der Waals surface area contributed by atoms with E-state index in [0.29, 0.717) is 11.4 Å². The molecule has 0 aliphatic rings. The SMILES string of the molecule is CCCc1ccc2oc(-c3nc4c(N)ccc(N)c4s3)cc2c1. The van der Waals surface area contributed by atoms with Crippen LogP contribution in [0.3, 0.4) is 0 Å². The fourth-order valence-corrected chi connectivity index (χ4v) is 3.77. The van der Waals surface area contributed by atoms with Gasteiger partial charge in [-0.1, -0.05) is 19.4 Å². The maximum absolute atomic E-state index is 6.03. The van der Waals surface area contributed by atoms with Gasteiger partial charge in [-0.15, -0.1) is 11.3 Å². The standard InChI is InChI=1S/C18H17N3OS/c1-2-3-10-4-7-14-11(8-10)9-15(22-14)18-21-16-12(19)5-6-13(20)17(16)23-18/h4-9H,2-3,19-20H2,1H3. The molecule has 0 saturated heterocycles. The predicted octanol–water partition coefficient (Wildman–Crippen LogP) is 4.83. The summed E-state index contributed by atoms with van der Waals surface area (Å²) in [4.78, 5) is 4.62. The van der Waals surface area contributed by atoms with Crippen LogP contribution in [0.15, 0.2) is 40.8 Å². The molecule has 0 radical (unpaired) electrons. The number of anilines is 2. The Bertz CT molecular complexity index is 977. The van der Waals surface area contributed by atoms with E-state index in [1.54, 1.807) is 6.07 Å². The van der Waals surface area contributed by atoms with Crippen molar-refractivity contribution in [1.29, 1.82) is 0 Å². The number of nitrogen functional groups attached to an aromatic ring is 2. The molecule has 0 unspecified atom stereocenters. The number of nitrogens with two attached hydrogens (primary N) is 2. The van der Waals surface area contributed by atoms with Crippen molar-refractivity contribution in [3.05, 3.63) is 42.0 Å². The molecule has 0 fully saturated rings. The van der Waals surface area contributed by atoms with Gasteiger partial charge in [0.2, 0.25) is 0 Å². The Labute approximate surface area is 137 Å². The lowest BCUT2D eigenvalue weighted by Gasteiger charge is -1.96. The Morgan fingerprint density at radius 2 is 1.91 bits per heavy atom. The van der Waals surface area contributed by atoms with Gasteiger partial charge in [-0.25, -0.2) is 4.98 Å². The van der Waals surface area contributed by atoms with Gasteiger partial charge in [-0.05, 0) is 42.3 Å². The topological polar surface area (TPSA) is 78.1 Å². The first-order valence-electron chi connectivity index (χ1n) is 7.63. The quantitative estimate of drug-likeness (QED) is 0.529. The highest BCUT2D eigenvalue weighted by Crippen LogP contribution is 2.38. The van der Waals surface area contributed by atoms with Gasteiger partial charge in [-0.2, -0.15) is 0 Å². The zero-order valence-corrected chi connectivity index (χ0v) is 13.6. The van der Waals surface area contributed by atoms with E-state index in [-0.39, 0.29) is 0 Å². The van der Waals surface area contributed by atoms with Gasteiger partial charge in [0.05, 0.1) is 16.1 Å². The third-order valence-electron chi connectivity index (χ3n) is 3.94. The third-order valence-corrected chi connectivity index (χ3v) is 5.05. The Morgan fingerprint density at radius 3 is 2.70 bits per heavy atom. The van der Waals surface area contributed by atoms with Crippen LogP contribution < -0.4 is 11.5 Å². The van der Waals surface area contributed by atoms with Crippen molar-refractivity contribution in [2.24, 2.45) is 0 Å². The lowest BCUT2D eigenvalue weighted by Crippen LogP contribution is -1.89. The molecular formula is C18H17N3OS. The third kappa shape index (κ3) is 2.33. The van der Waals surface area contributed by atoms with Crippen molar-refractivity contribution in [2.45, 2.75) is 19.8 Å². The average molecular weight is 323 g/mol. The van der Waals surface area contributed by atoms with Crippen LogP contribution in [0.1, 0.15) is 18.9 Å². The number of thiazole rings is 1. The summed E-state index contributed by atoms with van der Waals surface area (Å²) in [5.41, 5.74) is 16.3. The Balaban J connectivity index is 1.85. The van der Waals surface area contributed by atoms with Crippen molar-refractivity contribution in [1.82, 2.24) is 4.98 Å². The van der Waals surface area contributed by atoms with E-state index in [0.717, 1.165) is 44.8 Å². The number of nitrogens with zero attached hydrogens (tertiary/aromatic N) is 1. The second-order valence-corrected chi connectivity index (χ2v) is 6.67. The molecule has 0 aliphatic carbocycles. The zero-order valence-electron chi connectivity index (χ0n) is 12.8. The van der Waals surface area contributed by atoms with Crippen LogP contribution in [0.25, 0.3) is 32.0 Å². The lowest BCUT2D eigenvalue weighted by atomic mass is 10.1. The summed E-state index contributed by atoms with van der Waals surface area (Å²) < 4.78 is 6.87.